The Morgan fingerprint density at radius 3 is 2.74 bits per heavy atom. The number of anilines is 1. The average Bonchev–Trinajstić information content (AvgIpc) is 2.73. The standard InChI is InChI=1S/C21H22N4O2/c1-2-18-5-3-4-12-25(18)21(27)16-10-11-23-19(13-16)20(26)24-17-8-6-15(14-22)7-9-17/h6-11,13,18H,2-5,12H2,1H3,(H,24,26). The first kappa shape index (κ1) is 18.6. The zero-order valence-corrected chi connectivity index (χ0v) is 15.3. The number of likely N-dealkylation sites (tertiary alicyclic amines) is 1. The summed E-state index contributed by atoms with van der Waals surface area (Å²) in [4.78, 5) is 31.4. The number of hydrogen-bond acceptors (Lipinski definition) is 4. The van der Waals surface area contributed by atoms with E-state index in [1.54, 1.807) is 36.4 Å². The number of aromatic nitrogens is 1. The van der Waals surface area contributed by atoms with Crippen LogP contribution in [0, 0.1) is 11.3 Å². The van der Waals surface area contributed by atoms with Crippen molar-refractivity contribution in [3.8, 4) is 6.07 Å². The number of amides is 2. The number of hydrogen-bond donors (Lipinski definition) is 1. The van der Waals surface area contributed by atoms with Crippen molar-refractivity contribution in [2.24, 2.45) is 0 Å². The van der Waals surface area contributed by atoms with E-state index in [0.29, 0.717) is 16.8 Å². The minimum Gasteiger partial charge on any atom is -0.336 e. The van der Waals surface area contributed by atoms with E-state index in [4.69, 9.17) is 5.26 Å². The van der Waals surface area contributed by atoms with E-state index in [9.17, 15) is 9.59 Å². The first-order chi connectivity index (χ1) is 13.1. The highest BCUT2D eigenvalue weighted by Crippen LogP contribution is 2.22. The third-order valence-electron chi connectivity index (χ3n) is 4.87. The quantitative estimate of drug-likeness (QED) is 0.900. The molecule has 2 amide bonds. The summed E-state index contributed by atoms with van der Waals surface area (Å²) in [6.07, 6.45) is 5.62. The van der Waals surface area contributed by atoms with Gasteiger partial charge in [-0.05, 0) is 62.1 Å². The van der Waals surface area contributed by atoms with Crippen molar-refractivity contribution < 1.29 is 9.59 Å². The Bertz CT molecular complexity index is 870. The fourth-order valence-corrected chi connectivity index (χ4v) is 3.37. The third kappa shape index (κ3) is 4.32. The van der Waals surface area contributed by atoms with Crippen LogP contribution in [0.2, 0.25) is 0 Å². The third-order valence-corrected chi connectivity index (χ3v) is 4.87. The number of rotatable bonds is 4. The molecule has 6 heteroatoms. The summed E-state index contributed by atoms with van der Waals surface area (Å²) in [7, 11) is 0. The van der Waals surface area contributed by atoms with Gasteiger partial charge in [0.25, 0.3) is 11.8 Å². The predicted octanol–water partition coefficient (Wildman–Crippen LogP) is 3.61. The molecule has 138 valence electrons. The lowest BCUT2D eigenvalue weighted by Crippen LogP contribution is -2.43. The Morgan fingerprint density at radius 1 is 1.26 bits per heavy atom. The Balaban J connectivity index is 1.75. The Hall–Kier alpha value is -3.20. The van der Waals surface area contributed by atoms with Crippen molar-refractivity contribution in [2.75, 3.05) is 11.9 Å². The largest absolute Gasteiger partial charge is 0.336 e. The van der Waals surface area contributed by atoms with Crippen LogP contribution in [0.5, 0.6) is 0 Å². The number of nitrogens with zero attached hydrogens (tertiary/aromatic N) is 3. The number of carbonyl (C=O) groups excluding carboxylic acids is 2. The van der Waals surface area contributed by atoms with Gasteiger partial charge >= 0.3 is 0 Å². The van der Waals surface area contributed by atoms with E-state index < -0.39 is 0 Å². The van der Waals surface area contributed by atoms with E-state index in [2.05, 4.69) is 17.2 Å². The molecule has 1 aromatic carbocycles. The van der Waals surface area contributed by atoms with Crippen LogP contribution in [-0.2, 0) is 0 Å². The molecule has 0 bridgehead atoms. The van der Waals surface area contributed by atoms with E-state index in [0.717, 1.165) is 32.2 Å². The number of carbonyl (C=O) groups is 2. The molecule has 6 nitrogen and oxygen atoms in total. The van der Waals surface area contributed by atoms with Crippen LogP contribution in [-0.4, -0.2) is 34.3 Å². The molecule has 2 aromatic rings. The first-order valence-electron chi connectivity index (χ1n) is 9.21. The molecular weight excluding hydrogens is 340 g/mol. The van der Waals surface area contributed by atoms with E-state index in [1.165, 1.54) is 6.20 Å². The van der Waals surface area contributed by atoms with Gasteiger partial charge in [-0.2, -0.15) is 5.26 Å². The second-order valence-corrected chi connectivity index (χ2v) is 6.63. The molecule has 0 aliphatic carbocycles. The molecule has 1 atom stereocenters. The zero-order valence-electron chi connectivity index (χ0n) is 15.3. The molecule has 0 saturated carbocycles. The fourth-order valence-electron chi connectivity index (χ4n) is 3.37. The monoisotopic (exact) mass is 362 g/mol. The summed E-state index contributed by atoms with van der Waals surface area (Å²) < 4.78 is 0. The minimum atomic E-state index is -0.389. The molecule has 1 aromatic heterocycles. The molecule has 1 aliphatic heterocycles. The SMILES string of the molecule is CCC1CCCCN1C(=O)c1ccnc(C(=O)Nc2ccc(C#N)cc2)c1. The zero-order chi connectivity index (χ0) is 19.2. The minimum absolute atomic E-state index is 0.0450. The number of nitriles is 1. The predicted molar refractivity (Wildman–Crippen MR) is 102 cm³/mol. The molecule has 27 heavy (non-hydrogen) atoms. The van der Waals surface area contributed by atoms with Crippen LogP contribution >= 0.6 is 0 Å². The lowest BCUT2D eigenvalue weighted by atomic mass is 9.99. The van der Waals surface area contributed by atoms with Crippen molar-refractivity contribution in [3.05, 3.63) is 59.4 Å². The molecule has 0 radical (unpaired) electrons. The van der Waals surface area contributed by atoms with Crippen molar-refractivity contribution >= 4 is 17.5 Å². The van der Waals surface area contributed by atoms with Crippen LogP contribution < -0.4 is 5.32 Å². The van der Waals surface area contributed by atoms with Gasteiger partial charge in [0.15, 0.2) is 0 Å². The summed E-state index contributed by atoms with van der Waals surface area (Å²) in [5.41, 5.74) is 1.76. The van der Waals surface area contributed by atoms with E-state index in [-0.39, 0.29) is 23.6 Å². The maximum atomic E-state index is 12.9. The van der Waals surface area contributed by atoms with Crippen LogP contribution in [0.3, 0.4) is 0 Å². The lowest BCUT2D eigenvalue weighted by Gasteiger charge is -2.35. The van der Waals surface area contributed by atoms with Crippen LogP contribution in [0.25, 0.3) is 0 Å². The van der Waals surface area contributed by atoms with Crippen LogP contribution in [0.1, 0.15) is 59.0 Å². The summed E-state index contributed by atoms with van der Waals surface area (Å²) in [6, 6.07) is 12.1. The summed E-state index contributed by atoms with van der Waals surface area (Å²) >= 11 is 0. The van der Waals surface area contributed by atoms with Crippen molar-refractivity contribution in [1.29, 1.82) is 5.26 Å². The highest BCUT2D eigenvalue weighted by molar-refractivity contribution is 6.04. The van der Waals surface area contributed by atoms with Gasteiger partial charge in [0.2, 0.25) is 0 Å². The molecule has 3 rings (SSSR count). The van der Waals surface area contributed by atoms with Crippen molar-refractivity contribution in [2.45, 2.75) is 38.6 Å². The normalized spacial score (nSPS) is 16.4. The maximum Gasteiger partial charge on any atom is 0.274 e. The van der Waals surface area contributed by atoms with Crippen LogP contribution in [0.4, 0.5) is 5.69 Å². The number of nitrogens with one attached hydrogen (secondary N) is 1. The fraction of sp³-hybridized carbons (Fsp3) is 0.333. The summed E-state index contributed by atoms with van der Waals surface area (Å²) in [5, 5.41) is 11.6. The lowest BCUT2D eigenvalue weighted by molar-refractivity contribution is 0.0608. The molecule has 0 spiro atoms. The summed E-state index contributed by atoms with van der Waals surface area (Å²) in [5.74, 6) is -0.434. The topological polar surface area (TPSA) is 86.1 Å². The van der Waals surface area contributed by atoms with Gasteiger partial charge in [0.1, 0.15) is 5.69 Å². The number of piperidine rings is 1. The highest BCUT2D eigenvalue weighted by Gasteiger charge is 2.26. The Labute approximate surface area is 158 Å². The summed E-state index contributed by atoms with van der Waals surface area (Å²) in [6.45, 7) is 2.85. The maximum absolute atomic E-state index is 12.9. The Kier molecular flexibility index (Phi) is 5.82. The van der Waals surface area contributed by atoms with Gasteiger partial charge in [0.05, 0.1) is 11.6 Å². The second-order valence-electron chi connectivity index (χ2n) is 6.63. The first-order valence-corrected chi connectivity index (χ1v) is 9.21. The van der Waals surface area contributed by atoms with Crippen molar-refractivity contribution in [1.82, 2.24) is 9.88 Å². The molecule has 2 heterocycles. The average molecular weight is 362 g/mol. The van der Waals surface area contributed by atoms with Gasteiger partial charge in [-0.1, -0.05) is 6.92 Å². The number of pyridine rings is 1. The van der Waals surface area contributed by atoms with Crippen LogP contribution in [0.15, 0.2) is 42.6 Å². The molecule has 1 aliphatic rings. The van der Waals surface area contributed by atoms with Gasteiger partial charge < -0.3 is 10.2 Å². The van der Waals surface area contributed by atoms with Crippen molar-refractivity contribution in [3.63, 3.8) is 0 Å². The molecule has 1 N–H and O–H groups in total. The van der Waals surface area contributed by atoms with Gasteiger partial charge in [-0.25, -0.2) is 0 Å². The molecule has 1 fully saturated rings. The van der Waals surface area contributed by atoms with E-state index in [1.807, 2.05) is 11.0 Å². The molecule has 1 saturated heterocycles. The Morgan fingerprint density at radius 2 is 2.04 bits per heavy atom. The molecular formula is C21H22N4O2. The van der Waals surface area contributed by atoms with Gasteiger partial charge in [-0.3, -0.25) is 14.6 Å². The highest BCUT2D eigenvalue weighted by atomic mass is 16.2. The molecule has 1 unspecified atom stereocenters. The second kappa shape index (κ2) is 8.45. The van der Waals surface area contributed by atoms with E-state index >= 15 is 0 Å². The van der Waals surface area contributed by atoms with Gasteiger partial charge in [0, 0.05) is 30.0 Å². The number of benzene rings is 1. The van der Waals surface area contributed by atoms with Gasteiger partial charge in [-0.15, -0.1) is 0 Å². The smallest absolute Gasteiger partial charge is 0.274 e.